The van der Waals surface area contributed by atoms with Crippen LogP contribution in [0.15, 0.2) is 36.4 Å². The van der Waals surface area contributed by atoms with Crippen molar-refractivity contribution in [2.75, 3.05) is 20.3 Å². The predicted molar refractivity (Wildman–Crippen MR) is 99.9 cm³/mol. The third-order valence-corrected chi connectivity index (χ3v) is 3.77. The van der Waals surface area contributed by atoms with Gasteiger partial charge in [0, 0.05) is 12.1 Å². The largest absolute Gasteiger partial charge is 0.493 e. The van der Waals surface area contributed by atoms with Gasteiger partial charge in [-0.05, 0) is 42.8 Å². The summed E-state index contributed by atoms with van der Waals surface area (Å²) in [5.74, 6) is -0.181. The highest BCUT2D eigenvalue weighted by atomic mass is 35.5. The molecule has 2 aromatic carbocycles. The van der Waals surface area contributed by atoms with Crippen molar-refractivity contribution in [3.05, 3.63) is 52.5 Å². The molecule has 0 aliphatic rings. The molecular weight excluding hydrogens is 374 g/mol. The lowest BCUT2D eigenvalue weighted by molar-refractivity contribution is -0.139. The van der Waals surface area contributed by atoms with Gasteiger partial charge in [-0.1, -0.05) is 17.7 Å². The summed E-state index contributed by atoms with van der Waals surface area (Å²) in [6, 6.07) is 9.71. The molecule has 144 valence electrons. The van der Waals surface area contributed by atoms with Gasteiger partial charge in [0.2, 0.25) is 0 Å². The highest BCUT2D eigenvalue weighted by Gasteiger charge is 2.13. The van der Waals surface area contributed by atoms with E-state index in [-0.39, 0.29) is 12.5 Å². The minimum absolute atomic E-state index is 0.224. The Hall–Kier alpha value is -2.93. The number of carboxylic acid groups (broad SMARTS) is 1. The van der Waals surface area contributed by atoms with Crippen molar-refractivity contribution in [1.29, 1.82) is 0 Å². The Morgan fingerprint density at radius 1 is 1.19 bits per heavy atom. The lowest BCUT2D eigenvalue weighted by atomic mass is 10.1. The maximum Gasteiger partial charge on any atom is 0.341 e. The van der Waals surface area contributed by atoms with Crippen LogP contribution in [0, 0.1) is 0 Å². The van der Waals surface area contributed by atoms with Gasteiger partial charge in [-0.2, -0.15) is 0 Å². The fourth-order valence-electron chi connectivity index (χ4n) is 2.32. The van der Waals surface area contributed by atoms with E-state index in [1.54, 1.807) is 30.3 Å². The monoisotopic (exact) mass is 393 g/mol. The lowest BCUT2D eigenvalue weighted by Crippen LogP contribution is -2.23. The van der Waals surface area contributed by atoms with E-state index in [0.29, 0.717) is 34.4 Å². The Labute approximate surface area is 161 Å². The third-order valence-electron chi connectivity index (χ3n) is 3.49. The van der Waals surface area contributed by atoms with Crippen LogP contribution in [-0.4, -0.2) is 37.3 Å². The minimum atomic E-state index is -1.09. The fraction of sp³-hybridized carbons (Fsp3) is 0.263. The van der Waals surface area contributed by atoms with Crippen molar-refractivity contribution in [3.63, 3.8) is 0 Å². The first-order valence-electron chi connectivity index (χ1n) is 8.16. The number of hydrogen-bond acceptors (Lipinski definition) is 5. The molecule has 1 amide bonds. The molecule has 7 nitrogen and oxygen atoms in total. The summed E-state index contributed by atoms with van der Waals surface area (Å²) in [5, 5.41) is 11.8. The maximum absolute atomic E-state index is 12.3. The number of aliphatic carboxylic acids is 1. The second-order valence-corrected chi connectivity index (χ2v) is 5.84. The number of ether oxygens (including phenoxy) is 3. The van der Waals surface area contributed by atoms with E-state index in [1.807, 2.05) is 6.92 Å². The Balaban J connectivity index is 2.06. The Morgan fingerprint density at radius 3 is 2.63 bits per heavy atom. The summed E-state index contributed by atoms with van der Waals surface area (Å²) in [7, 11) is 1.51. The van der Waals surface area contributed by atoms with E-state index in [2.05, 4.69) is 5.32 Å². The first-order valence-corrected chi connectivity index (χ1v) is 8.54. The maximum atomic E-state index is 12.3. The van der Waals surface area contributed by atoms with Crippen LogP contribution in [0.4, 0.5) is 0 Å². The number of benzene rings is 2. The molecule has 0 aliphatic heterocycles. The SMILES string of the molecule is CCOc1c(Cl)cc(CNC(=O)c2cccc(OCC(=O)O)c2)cc1OC. The molecule has 0 radical (unpaired) electrons. The normalized spacial score (nSPS) is 10.2. The highest BCUT2D eigenvalue weighted by Crippen LogP contribution is 2.36. The molecular formula is C19H20ClNO6. The van der Waals surface area contributed by atoms with Crippen molar-refractivity contribution >= 4 is 23.5 Å². The first kappa shape index (κ1) is 20.4. The summed E-state index contributed by atoms with van der Waals surface area (Å²) < 4.78 is 15.8. The number of carboxylic acids is 1. The van der Waals surface area contributed by atoms with Crippen molar-refractivity contribution in [3.8, 4) is 17.2 Å². The molecule has 2 rings (SSSR count). The third kappa shape index (κ3) is 5.79. The number of carbonyl (C=O) groups excluding carboxylic acids is 1. The van der Waals surface area contributed by atoms with Gasteiger partial charge in [-0.25, -0.2) is 4.79 Å². The molecule has 27 heavy (non-hydrogen) atoms. The molecule has 0 atom stereocenters. The van der Waals surface area contributed by atoms with Crippen LogP contribution < -0.4 is 19.5 Å². The standard InChI is InChI=1S/C19H20ClNO6/c1-3-26-18-15(20)7-12(8-16(18)25-2)10-21-19(24)13-5-4-6-14(9-13)27-11-17(22)23/h4-9H,3,10-11H2,1-2H3,(H,21,24)(H,22,23). The Bertz CT molecular complexity index is 824. The molecule has 0 fully saturated rings. The smallest absolute Gasteiger partial charge is 0.341 e. The molecule has 2 aromatic rings. The summed E-state index contributed by atoms with van der Waals surface area (Å²) in [4.78, 5) is 22.9. The van der Waals surface area contributed by atoms with E-state index < -0.39 is 12.6 Å². The van der Waals surface area contributed by atoms with Crippen LogP contribution in [0.25, 0.3) is 0 Å². The molecule has 8 heteroatoms. The molecule has 0 saturated carbocycles. The van der Waals surface area contributed by atoms with Gasteiger partial charge in [0.1, 0.15) is 5.75 Å². The molecule has 0 aliphatic carbocycles. The van der Waals surface area contributed by atoms with Crippen molar-refractivity contribution < 1.29 is 28.9 Å². The van der Waals surface area contributed by atoms with Crippen LogP contribution in [0.2, 0.25) is 5.02 Å². The second-order valence-electron chi connectivity index (χ2n) is 5.43. The van der Waals surface area contributed by atoms with Crippen LogP contribution in [0.5, 0.6) is 17.2 Å². The number of rotatable bonds is 9. The quantitative estimate of drug-likeness (QED) is 0.679. The average molecular weight is 394 g/mol. The number of methoxy groups -OCH3 is 1. The van der Waals surface area contributed by atoms with E-state index in [9.17, 15) is 9.59 Å². The first-order chi connectivity index (χ1) is 12.9. The number of carbonyl (C=O) groups is 2. The topological polar surface area (TPSA) is 94.1 Å². The van der Waals surface area contributed by atoms with Crippen molar-refractivity contribution in [2.45, 2.75) is 13.5 Å². The van der Waals surface area contributed by atoms with Gasteiger partial charge in [-0.3, -0.25) is 4.79 Å². The van der Waals surface area contributed by atoms with Gasteiger partial charge >= 0.3 is 5.97 Å². The van der Waals surface area contributed by atoms with E-state index in [1.165, 1.54) is 13.2 Å². The van der Waals surface area contributed by atoms with Crippen LogP contribution in [0.1, 0.15) is 22.8 Å². The van der Waals surface area contributed by atoms with Gasteiger partial charge in [0.15, 0.2) is 18.1 Å². The molecule has 0 spiro atoms. The number of amides is 1. The van der Waals surface area contributed by atoms with Crippen LogP contribution in [0.3, 0.4) is 0 Å². The van der Waals surface area contributed by atoms with Crippen molar-refractivity contribution in [1.82, 2.24) is 5.32 Å². The number of nitrogens with one attached hydrogen (secondary N) is 1. The van der Waals surface area contributed by atoms with Crippen LogP contribution >= 0.6 is 11.6 Å². The predicted octanol–water partition coefficient (Wildman–Crippen LogP) is 3.14. The van der Waals surface area contributed by atoms with E-state index >= 15 is 0 Å². The number of hydrogen-bond donors (Lipinski definition) is 2. The second kappa shape index (κ2) is 9.68. The molecule has 0 bridgehead atoms. The lowest BCUT2D eigenvalue weighted by Gasteiger charge is -2.13. The zero-order valence-corrected chi connectivity index (χ0v) is 15.7. The van der Waals surface area contributed by atoms with E-state index in [4.69, 9.17) is 30.9 Å². The summed E-state index contributed by atoms with van der Waals surface area (Å²) in [6.45, 7) is 2.04. The van der Waals surface area contributed by atoms with Gasteiger partial charge in [-0.15, -0.1) is 0 Å². The summed E-state index contributed by atoms with van der Waals surface area (Å²) in [5.41, 5.74) is 1.09. The van der Waals surface area contributed by atoms with Crippen molar-refractivity contribution in [2.24, 2.45) is 0 Å². The highest BCUT2D eigenvalue weighted by molar-refractivity contribution is 6.32. The Morgan fingerprint density at radius 2 is 1.96 bits per heavy atom. The molecule has 0 saturated heterocycles. The molecule has 0 unspecified atom stereocenters. The average Bonchev–Trinajstić information content (AvgIpc) is 2.66. The van der Waals surface area contributed by atoms with Gasteiger partial charge < -0.3 is 24.6 Å². The molecule has 0 heterocycles. The minimum Gasteiger partial charge on any atom is -0.493 e. The summed E-state index contributed by atoms with van der Waals surface area (Å²) >= 11 is 6.22. The van der Waals surface area contributed by atoms with E-state index in [0.717, 1.165) is 5.56 Å². The zero-order valence-electron chi connectivity index (χ0n) is 15.0. The fourth-order valence-corrected chi connectivity index (χ4v) is 2.60. The molecule has 2 N–H and O–H groups in total. The van der Waals surface area contributed by atoms with Crippen LogP contribution in [-0.2, 0) is 11.3 Å². The van der Waals surface area contributed by atoms with Gasteiger partial charge in [0.05, 0.1) is 18.7 Å². The summed E-state index contributed by atoms with van der Waals surface area (Å²) in [6.07, 6.45) is 0. The Kier molecular flexibility index (Phi) is 7.31. The zero-order chi connectivity index (χ0) is 19.8. The van der Waals surface area contributed by atoms with Gasteiger partial charge in [0.25, 0.3) is 5.91 Å². The number of halogens is 1. The molecule has 0 aromatic heterocycles.